The average molecular weight is 241 g/mol. The van der Waals surface area contributed by atoms with Crippen molar-refractivity contribution in [3.8, 4) is 0 Å². The Morgan fingerprint density at radius 2 is 1.94 bits per heavy atom. The van der Waals surface area contributed by atoms with Gasteiger partial charge in [0.25, 0.3) is 0 Å². The molecule has 0 aromatic heterocycles. The van der Waals surface area contributed by atoms with E-state index in [1.807, 2.05) is 30.3 Å². The monoisotopic (exact) mass is 241 g/mol. The third kappa shape index (κ3) is 1.30. The number of carbonyl (C=O) groups excluding carboxylic acids is 1. The van der Waals surface area contributed by atoms with E-state index in [1.54, 1.807) is 0 Å². The van der Waals surface area contributed by atoms with Crippen LogP contribution in [0, 0.1) is 17.8 Å². The van der Waals surface area contributed by atoms with Crippen LogP contribution in [-0.2, 0) is 4.84 Å². The second-order valence-corrected chi connectivity index (χ2v) is 5.60. The quantitative estimate of drug-likeness (QED) is 0.747. The fourth-order valence-corrected chi connectivity index (χ4v) is 3.88. The Balaban J connectivity index is 1.65. The van der Waals surface area contributed by atoms with Crippen molar-refractivity contribution in [3.05, 3.63) is 35.9 Å². The van der Waals surface area contributed by atoms with Crippen LogP contribution in [0.15, 0.2) is 35.5 Å². The first-order valence-corrected chi connectivity index (χ1v) is 6.68. The van der Waals surface area contributed by atoms with Gasteiger partial charge >= 0.3 is 0 Å². The van der Waals surface area contributed by atoms with Crippen LogP contribution in [0.2, 0.25) is 0 Å². The summed E-state index contributed by atoms with van der Waals surface area (Å²) in [6.45, 7) is 0. The van der Waals surface area contributed by atoms with E-state index in [0.29, 0.717) is 17.5 Å². The van der Waals surface area contributed by atoms with Crippen LogP contribution in [0.1, 0.15) is 29.6 Å². The molecule has 1 aliphatic heterocycles. The Morgan fingerprint density at radius 1 is 1.17 bits per heavy atom. The van der Waals surface area contributed by atoms with E-state index in [1.165, 1.54) is 19.3 Å². The molecular formula is C15H15NO2. The molecule has 1 aromatic carbocycles. The van der Waals surface area contributed by atoms with Crippen LogP contribution < -0.4 is 0 Å². The first-order chi connectivity index (χ1) is 8.84. The molecule has 2 aliphatic carbocycles. The van der Waals surface area contributed by atoms with Gasteiger partial charge in [-0.3, -0.25) is 4.79 Å². The predicted octanol–water partition coefficient (Wildman–Crippen LogP) is 2.67. The Labute approximate surface area is 106 Å². The summed E-state index contributed by atoms with van der Waals surface area (Å²) in [5, 5.41) is 4.10. The molecule has 1 heterocycles. The molecule has 4 rings (SSSR count). The lowest BCUT2D eigenvalue weighted by Crippen LogP contribution is -2.33. The maximum atomic E-state index is 12.5. The van der Waals surface area contributed by atoms with Gasteiger partial charge in [0.1, 0.15) is 11.8 Å². The van der Waals surface area contributed by atoms with Gasteiger partial charge in [0.15, 0.2) is 0 Å². The number of hydrogen-bond acceptors (Lipinski definition) is 3. The first kappa shape index (κ1) is 10.3. The van der Waals surface area contributed by atoms with Crippen molar-refractivity contribution in [1.82, 2.24) is 0 Å². The topological polar surface area (TPSA) is 38.7 Å². The highest BCUT2D eigenvalue weighted by Gasteiger charge is 2.55. The maximum absolute atomic E-state index is 12.5. The Kier molecular flexibility index (Phi) is 2.10. The van der Waals surface area contributed by atoms with Crippen LogP contribution in [0.25, 0.3) is 0 Å². The smallest absolute Gasteiger partial charge is 0.211 e. The second kappa shape index (κ2) is 3.67. The molecule has 3 heteroatoms. The minimum absolute atomic E-state index is 0.0515. The molecule has 18 heavy (non-hydrogen) atoms. The van der Waals surface area contributed by atoms with Crippen molar-refractivity contribution in [3.63, 3.8) is 0 Å². The van der Waals surface area contributed by atoms with Crippen molar-refractivity contribution in [2.24, 2.45) is 22.9 Å². The summed E-state index contributed by atoms with van der Waals surface area (Å²) in [4.78, 5) is 18.0. The number of ketones is 1. The van der Waals surface area contributed by atoms with Gasteiger partial charge in [-0.25, -0.2) is 0 Å². The lowest BCUT2D eigenvalue weighted by atomic mass is 9.81. The number of fused-ring (bicyclic) bond motifs is 5. The molecule has 0 saturated heterocycles. The second-order valence-electron chi connectivity index (χ2n) is 5.60. The van der Waals surface area contributed by atoms with E-state index in [-0.39, 0.29) is 17.8 Å². The fourth-order valence-electron chi connectivity index (χ4n) is 3.88. The van der Waals surface area contributed by atoms with Gasteiger partial charge in [0.05, 0.1) is 5.92 Å². The average Bonchev–Trinajstić information content (AvgIpc) is 3.11. The molecule has 0 N–H and O–H groups in total. The van der Waals surface area contributed by atoms with Gasteiger partial charge in [-0.2, -0.15) is 0 Å². The summed E-state index contributed by atoms with van der Waals surface area (Å²) >= 11 is 0. The lowest BCUT2D eigenvalue weighted by Gasteiger charge is -2.22. The summed E-state index contributed by atoms with van der Waals surface area (Å²) < 4.78 is 0. The maximum Gasteiger partial charge on any atom is 0.211 e. The van der Waals surface area contributed by atoms with Crippen LogP contribution >= 0.6 is 0 Å². The molecule has 3 nitrogen and oxygen atoms in total. The highest BCUT2D eigenvalue weighted by molar-refractivity contribution is 6.47. The summed E-state index contributed by atoms with van der Waals surface area (Å²) in [6, 6.07) is 9.41. The van der Waals surface area contributed by atoms with Gasteiger partial charge in [0, 0.05) is 5.56 Å². The van der Waals surface area contributed by atoms with Gasteiger partial charge in [-0.05, 0) is 31.1 Å². The molecule has 3 aliphatic rings. The van der Waals surface area contributed by atoms with Gasteiger partial charge in [-0.15, -0.1) is 0 Å². The number of carbonyl (C=O) groups is 1. The summed E-state index contributed by atoms with van der Waals surface area (Å²) in [5.41, 5.74) is 1.39. The highest BCUT2D eigenvalue weighted by atomic mass is 16.6. The van der Waals surface area contributed by atoms with Crippen molar-refractivity contribution in [2.45, 2.75) is 25.4 Å². The zero-order valence-electron chi connectivity index (χ0n) is 10.1. The van der Waals surface area contributed by atoms with Gasteiger partial charge in [-0.1, -0.05) is 35.5 Å². The van der Waals surface area contributed by atoms with Crippen molar-refractivity contribution < 1.29 is 9.63 Å². The molecule has 92 valence electrons. The van der Waals surface area contributed by atoms with Crippen molar-refractivity contribution in [2.75, 3.05) is 0 Å². The van der Waals surface area contributed by atoms with Crippen molar-refractivity contribution >= 4 is 11.5 Å². The van der Waals surface area contributed by atoms with E-state index in [4.69, 9.17) is 4.84 Å². The number of benzene rings is 1. The van der Waals surface area contributed by atoms with E-state index in [0.717, 1.165) is 5.56 Å². The zero-order chi connectivity index (χ0) is 12.1. The van der Waals surface area contributed by atoms with E-state index < -0.39 is 0 Å². The Morgan fingerprint density at radius 3 is 2.78 bits per heavy atom. The van der Waals surface area contributed by atoms with Crippen LogP contribution in [-0.4, -0.2) is 17.6 Å². The largest absolute Gasteiger partial charge is 0.391 e. The standard InChI is InChI=1S/C15H15NO2/c17-14(9-4-2-1-3-5-9)13-12-10-6-7-11(8-10)15(12)18-16-13/h1-5,10-12,15H,6-8H2/t10-,11-,12+,15-/m0/s1. The minimum atomic E-state index is 0.0515. The molecule has 0 radical (unpaired) electrons. The van der Waals surface area contributed by atoms with Crippen molar-refractivity contribution in [1.29, 1.82) is 0 Å². The number of nitrogens with zero attached hydrogens (tertiary/aromatic N) is 1. The third-order valence-electron chi connectivity index (χ3n) is 4.70. The third-order valence-corrected chi connectivity index (χ3v) is 4.70. The highest BCUT2D eigenvalue weighted by Crippen LogP contribution is 2.52. The first-order valence-electron chi connectivity index (χ1n) is 6.68. The molecule has 1 aromatic rings. The zero-order valence-corrected chi connectivity index (χ0v) is 10.1. The molecule has 2 fully saturated rings. The summed E-state index contributed by atoms with van der Waals surface area (Å²) in [5.74, 6) is 1.56. The molecule has 0 unspecified atom stereocenters. The van der Waals surface area contributed by atoms with E-state index >= 15 is 0 Å². The normalized spacial score (nSPS) is 36.1. The van der Waals surface area contributed by atoms with E-state index in [9.17, 15) is 4.79 Å². The summed E-state index contributed by atoms with van der Waals surface area (Å²) in [6.07, 6.45) is 3.88. The molecule has 2 saturated carbocycles. The number of Topliss-reactive ketones (excluding diaryl/α,β-unsaturated/α-hetero) is 1. The molecular weight excluding hydrogens is 226 g/mol. The number of oxime groups is 1. The summed E-state index contributed by atoms with van der Waals surface area (Å²) in [7, 11) is 0. The number of rotatable bonds is 2. The van der Waals surface area contributed by atoms with Gasteiger partial charge in [0.2, 0.25) is 5.78 Å². The molecule has 4 atom stereocenters. The lowest BCUT2D eigenvalue weighted by molar-refractivity contribution is 0.0275. The van der Waals surface area contributed by atoms with Crippen LogP contribution in [0.3, 0.4) is 0 Å². The van der Waals surface area contributed by atoms with E-state index in [2.05, 4.69) is 5.16 Å². The fraction of sp³-hybridized carbons (Fsp3) is 0.467. The van der Waals surface area contributed by atoms with Crippen LogP contribution in [0.4, 0.5) is 0 Å². The Hall–Kier alpha value is -1.64. The van der Waals surface area contributed by atoms with Crippen LogP contribution in [0.5, 0.6) is 0 Å². The Bertz CT molecular complexity index is 523. The predicted molar refractivity (Wildman–Crippen MR) is 67.4 cm³/mol. The molecule has 2 bridgehead atoms. The molecule has 0 spiro atoms. The number of hydrogen-bond donors (Lipinski definition) is 0. The van der Waals surface area contributed by atoms with Gasteiger partial charge < -0.3 is 4.84 Å². The SMILES string of the molecule is O=C(C1=NO[C@H]2[C@H]3CC[C@@H](C3)[C@H]12)c1ccccc1. The molecule has 0 amide bonds. The minimum Gasteiger partial charge on any atom is -0.391 e.